The minimum absolute atomic E-state index is 0.0587. The molecule has 2 rings (SSSR count). The first-order chi connectivity index (χ1) is 11.2. The van der Waals surface area contributed by atoms with Gasteiger partial charge in [-0.15, -0.1) is 0 Å². The number of nitrogens with zero attached hydrogens (tertiary/aromatic N) is 2. The number of primary amides is 1. The summed E-state index contributed by atoms with van der Waals surface area (Å²) in [6.45, 7) is 3.83. The summed E-state index contributed by atoms with van der Waals surface area (Å²) in [4.78, 5) is 24.4. The van der Waals surface area contributed by atoms with Crippen LogP contribution < -0.4 is 11.4 Å². The molecule has 2 aromatic rings. The third kappa shape index (κ3) is 4.06. The van der Waals surface area contributed by atoms with E-state index in [0.29, 0.717) is 20.8 Å². The molecule has 0 radical (unpaired) electrons. The van der Waals surface area contributed by atoms with E-state index >= 15 is 0 Å². The third-order valence-electron chi connectivity index (χ3n) is 3.26. The van der Waals surface area contributed by atoms with Gasteiger partial charge in [-0.05, 0) is 38.1 Å². The van der Waals surface area contributed by atoms with Gasteiger partial charge in [-0.1, -0.05) is 35.0 Å². The monoisotopic (exact) mass is 385 g/mol. The standard InChI is InChI=1S/C16H17Cl2N3O2S/c1-9(2)21-15(24-12-7-10(17)6-11(18)8-12)13(4-5-14(19)22)20(3)16(21)23/h4-9H,1-3H3,(H2,19,22). The highest BCUT2D eigenvalue weighted by Gasteiger charge is 2.19. The predicted molar refractivity (Wildman–Crippen MR) is 98.9 cm³/mol. The van der Waals surface area contributed by atoms with E-state index < -0.39 is 5.91 Å². The molecule has 0 aliphatic rings. The fourth-order valence-electron chi connectivity index (χ4n) is 2.22. The van der Waals surface area contributed by atoms with E-state index in [1.54, 1.807) is 29.8 Å². The highest BCUT2D eigenvalue weighted by atomic mass is 35.5. The van der Waals surface area contributed by atoms with Crippen LogP contribution >= 0.6 is 35.0 Å². The van der Waals surface area contributed by atoms with Gasteiger partial charge in [0.2, 0.25) is 5.91 Å². The van der Waals surface area contributed by atoms with Crippen LogP contribution in [0.2, 0.25) is 10.0 Å². The van der Waals surface area contributed by atoms with Crippen LogP contribution in [-0.2, 0) is 11.8 Å². The van der Waals surface area contributed by atoms with Gasteiger partial charge >= 0.3 is 5.69 Å². The van der Waals surface area contributed by atoms with E-state index in [-0.39, 0.29) is 11.7 Å². The van der Waals surface area contributed by atoms with Crippen LogP contribution in [0.4, 0.5) is 0 Å². The zero-order valence-electron chi connectivity index (χ0n) is 13.4. The number of halogens is 2. The number of hydrogen-bond donors (Lipinski definition) is 1. The topological polar surface area (TPSA) is 70.0 Å². The Morgan fingerprint density at radius 2 is 1.83 bits per heavy atom. The van der Waals surface area contributed by atoms with Crippen molar-refractivity contribution < 1.29 is 4.79 Å². The SMILES string of the molecule is CC(C)n1c(Sc2cc(Cl)cc(Cl)c2)c(C=CC(N)=O)n(C)c1=O. The van der Waals surface area contributed by atoms with Gasteiger partial charge in [0, 0.05) is 34.1 Å². The Morgan fingerprint density at radius 3 is 2.33 bits per heavy atom. The lowest BCUT2D eigenvalue weighted by Gasteiger charge is -2.11. The first-order valence-corrected chi connectivity index (χ1v) is 8.70. The van der Waals surface area contributed by atoms with Gasteiger partial charge in [0.1, 0.15) is 5.03 Å². The number of carbonyl (C=O) groups is 1. The number of imidazole rings is 1. The van der Waals surface area contributed by atoms with Crippen molar-refractivity contribution >= 4 is 46.9 Å². The predicted octanol–water partition coefficient (Wildman–Crippen LogP) is 3.72. The van der Waals surface area contributed by atoms with E-state index in [1.165, 1.54) is 28.5 Å². The maximum absolute atomic E-state index is 12.5. The Labute approximate surface area is 154 Å². The molecular formula is C16H17Cl2N3O2S. The molecule has 2 N–H and O–H groups in total. The second kappa shape index (κ2) is 7.51. The highest BCUT2D eigenvalue weighted by Crippen LogP contribution is 2.35. The molecule has 1 heterocycles. The van der Waals surface area contributed by atoms with Crippen molar-refractivity contribution in [1.82, 2.24) is 9.13 Å². The lowest BCUT2D eigenvalue weighted by molar-refractivity contribution is -0.113. The molecule has 24 heavy (non-hydrogen) atoms. The summed E-state index contributed by atoms with van der Waals surface area (Å²) in [6, 6.07) is 5.11. The molecule has 0 saturated carbocycles. The number of carbonyl (C=O) groups excluding carboxylic acids is 1. The van der Waals surface area contributed by atoms with Crippen molar-refractivity contribution in [2.45, 2.75) is 29.8 Å². The largest absolute Gasteiger partial charge is 0.366 e. The van der Waals surface area contributed by atoms with E-state index in [4.69, 9.17) is 28.9 Å². The number of rotatable bonds is 5. The quantitative estimate of drug-likeness (QED) is 0.797. The van der Waals surface area contributed by atoms with Gasteiger partial charge in [-0.2, -0.15) is 0 Å². The van der Waals surface area contributed by atoms with Crippen LogP contribution in [0.1, 0.15) is 25.6 Å². The van der Waals surface area contributed by atoms with Gasteiger partial charge in [0.25, 0.3) is 0 Å². The Morgan fingerprint density at radius 1 is 1.25 bits per heavy atom. The lowest BCUT2D eigenvalue weighted by Crippen LogP contribution is -2.24. The molecule has 0 spiro atoms. The zero-order valence-corrected chi connectivity index (χ0v) is 15.7. The Bertz CT molecular complexity index is 849. The van der Waals surface area contributed by atoms with Crippen molar-refractivity contribution in [3.8, 4) is 0 Å². The van der Waals surface area contributed by atoms with Crippen LogP contribution in [0, 0.1) is 0 Å². The lowest BCUT2D eigenvalue weighted by atomic mass is 10.3. The maximum atomic E-state index is 12.5. The van der Waals surface area contributed by atoms with Gasteiger partial charge < -0.3 is 5.73 Å². The highest BCUT2D eigenvalue weighted by molar-refractivity contribution is 7.99. The molecule has 0 unspecified atom stereocenters. The van der Waals surface area contributed by atoms with Crippen LogP contribution in [0.3, 0.4) is 0 Å². The average molecular weight is 386 g/mol. The molecule has 0 aliphatic heterocycles. The molecule has 0 saturated heterocycles. The van der Waals surface area contributed by atoms with Gasteiger partial charge in [0.15, 0.2) is 0 Å². The minimum atomic E-state index is -0.582. The fraction of sp³-hybridized carbons (Fsp3) is 0.250. The minimum Gasteiger partial charge on any atom is -0.366 e. The van der Waals surface area contributed by atoms with Crippen LogP contribution in [0.15, 0.2) is 39.0 Å². The van der Waals surface area contributed by atoms with Crippen LogP contribution in [-0.4, -0.2) is 15.0 Å². The van der Waals surface area contributed by atoms with Crippen LogP contribution in [0.25, 0.3) is 6.08 Å². The molecular weight excluding hydrogens is 369 g/mol. The summed E-state index contributed by atoms with van der Waals surface area (Å²) in [7, 11) is 1.65. The molecule has 128 valence electrons. The van der Waals surface area contributed by atoms with Crippen molar-refractivity contribution in [2.75, 3.05) is 0 Å². The van der Waals surface area contributed by atoms with Crippen LogP contribution in [0.5, 0.6) is 0 Å². The number of amides is 1. The molecule has 1 amide bonds. The summed E-state index contributed by atoms with van der Waals surface area (Å²) < 4.78 is 3.13. The number of aromatic nitrogens is 2. The molecule has 0 atom stereocenters. The molecule has 1 aromatic heterocycles. The number of hydrogen-bond acceptors (Lipinski definition) is 3. The van der Waals surface area contributed by atoms with E-state index in [0.717, 1.165) is 4.90 Å². The van der Waals surface area contributed by atoms with Crippen molar-refractivity contribution in [3.05, 3.63) is 50.5 Å². The smallest absolute Gasteiger partial charge is 0.329 e. The normalized spacial score (nSPS) is 11.6. The van der Waals surface area contributed by atoms with Gasteiger partial charge in [0.05, 0.1) is 5.69 Å². The summed E-state index contributed by atoms with van der Waals surface area (Å²) >= 11 is 13.5. The zero-order chi connectivity index (χ0) is 18.0. The van der Waals surface area contributed by atoms with Crippen molar-refractivity contribution in [3.63, 3.8) is 0 Å². The average Bonchev–Trinajstić information content (AvgIpc) is 2.67. The molecule has 0 fully saturated rings. The first kappa shape index (κ1) is 18.7. The van der Waals surface area contributed by atoms with Crippen molar-refractivity contribution in [1.29, 1.82) is 0 Å². The molecule has 1 aromatic carbocycles. The fourth-order valence-corrected chi connectivity index (χ4v) is 4.17. The maximum Gasteiger partial charge on any atom is 0.329 e. The molecule has 5 nitrogen and oxygen atoms in total. The van der Waals surface area contributed by atoms with E-state index in [2.05, 4.69) is 0 Å². The summed E-state index contributed by atoms with van der Waals surface area (Å²) in [5.74, 6) is -0.582. The van der Waals surface area contributed by atoms with E-state index in [9.17, 15) is 9.59 Å². The van der Waals surface area contributed by atoms with Crippen molar-refractivity contribution in [2.24, 2.45) is 12.8 Å². The number of benzene rings is 1. The first-order valence-electron chi connectivity index (χ1n) is 7.13. The number of nitrogens with two attached hydrogens (primary N) is 1. The summed E-state index contributed by atoms with van der Waals surface area (Å²) in [6.07, 6.45) is 2.77. The Kier molecular flexibility index (Phi) is 5.85. The second-order valence-corrected chi connectivity index (χ2v) is 7.37. The third-order valence-corrected chi connectivity index (χ3v) is 4.77. The molecule has 8 heteroatoms. The Hall–Kier alpha value is -1.63. The summed E-state index contributed by atoms with van der Waals surface area (Å²) in [5, 5.41) is 1.70. The second-order valence-electron chi connectivity index (χ2n) is 5.44. The van der Waals surface area contributed by atoms with Gasteiger partial charge in [-0.3, -0.25) is 13.9 Å². The molecule has 0 bridgehead atoms. The van der Waals surface area contributed by atoms with Gasteiger partial charge in [-0.25, -0.2) is 4.79 Å². The summed E-state index contributed by atoms with van der Waals surface area (Å²) in [5.41, 5.74) is 5.59. The van der Waals surface area contributed by atoms with E-state index in [1.807, 2.05) is 13.8 Å². The molecule has 0 aliphatic carbocycles. The Balaban J connectivity index is 2.63.